The Morgan fingerprint density at radius 3 is 1.92 bits per heavy atom. The number of nitriles is 1. The lowest BCUT2D eigenvalue weighted by molar-refractivity contribution is 0.359. The zero-order chi connectivity index (χ0) is 17.7. The largest absolute Gasteiger partial charge is 0.496 e. The molecule has 0 amide bonds. The first kappa shape index (κ1) is 17.4. The Kier molecular flexibility index (Phi) is 5.16. The van der Waals surface area contributed by atoms with Gasteiger partial charge in [0.2, 0.25) is 0 Å². The van der Waals surface area contributed by atoms with E-state index in [1.807, 2.05) is 6.07 Å². The van der Waals surface area contributed by atoms with Crippen LogP contribution in [0.2, 0.25) is 0 Å². The van der Waals surface area contributed by atoms with Crippen LogP contribution >= 0.6 is 0 Å². The molecule has 0 radical (unpaired) electrons. The standard InChI is InChI=1S/C16H16N2O5S/c1-21-13-8-14(22-2)16(15(9-13)23-3)24(19,20)18-12-6-4-11(10-17)5-7-12/h4-9,18H,1-3H3. The number of sulfonamides is 1. The topological polar surface area (TPSA) is 97.6 Å². The highest BCUT2D eigenvalue weighted by atomic mass is 32.2. The first-order valence-corrected chi connectivity index (χ1v) is 8.26. The van der Waals surface area contributed by atoms with Gasteiger partial charge in [0.25, 0.3) is 10.0 Å². The van der Waals surface area contributed by atoms with Crippen molar-refractivity contribution in [2.45, 2.75) is 4.90 Å². The van der Waals surface area contributed by atoms with Crippen LogP contribution in [-0.4, -0.2) is 29.7 Å². The number of rotatable bonds is 6. The van der Waals surface area contributed by atoms with Crippen LogP contribution in [0.1, 0.15) is 5.56 Å². The molecule has 0 bridgehead atoms. The van der Waals surface area contributed by atoms with Crippen molar-refractivity contribution in [1.29, 1.82) is 5.26 Å². The molecule has 0 heterocycles. The monoisotopic (exact) mass is 348 g/mol. The summed E-state index contributed by atoms with van der Waals surface area (Å²) < 4.78 is 43.4. The summed E-state index contributed by atoms with van der Waals surface area (Å²) in [4.78, 5) is -0.141. The first-order chi connectivity index (χ1) is 11.4. The van der Waals surface area contributed by atoms with Crippen molar-refractivity contribution in [2.75, 3.05) is 26.1 Å². The summed E-state index contributed by atoms with van der Waals surface area (Å²) in [6.07, 6.45) is 0. The normalized spacial score (nSPS) is 10.6. The van der Waals surface area contributed by atoms with E-state index < -0.39 is 10.0 Å². The second-order valence-electron chi connectivity index (χ2n) is 4.66. The molecule has 0 saturated carbocycles. The molecule has 0 aliphatic carbocycles. The van der Waals surface area contributed by atoms with E-state index in [0.717, 1.165) is 0 Å². The van der Waals surface area contributed by atoms with E-state index in [9.17, 15) is 8.42 Å². The summed E-state index contributed by atoms with van der Waals surface area (Å²) in [5, 5.41) is 8.79. The van der Waals surface area contributed by atoms with Crippen molar-refractivity contribution in [3.63, 3.8) is 0 Å². The van der Waals surface area contributed by atoms with Crippen molar-refractivity contribution < 1.29 is 22.6 Å². The minimum absolute atomic E-state index is 0.0901. The van der Waals surface area contributed by atoms with Crippen molar-refractivity contribution in [2.24, 2.45) is 0 Å². The van der Waals surface area contributed by atoms with Gasteiger partial charge in [0.1, 0.15) is 17.2 Å². The third-order valence-electron chi connectivity index (χ3n) is 3.20. The summed E-state index contributed by atoms with van der Waals surface area (Å²) in [5.41, 5.74) is 0.742. The Hall–Kier alpha value is -2.92. The van der Waals surface area contributed by atoms with Gasteiger partial charge in [-0.2, -0.15) is 5.26 Å². The van der Waals surface area contributed by atoms with Gasteiger partial charge in [-0.05, 0) is 24.3 Å². The molecular formula is C16H16N2O5S. The molecule has 0 spiro atoms. The van der Waals surface area contributed by atoms with Crippen molar-refractivity contribution in [3.8, 4) is 23.3 Å². The third-order valence-corrected chi connectivity index (χ3v) is 4.65. The fourth-order valence-electron chi connectivity index (χ4n) is 2.06. The average Bonchev–Trinajstić information content (AvgIpc) is 2.60. The first-order valence-electron chi connectivity index (χ1n) is 6.78. The lowest BCUT2D eigenvalue weighted by Gasteiger charge is -2.16. The zero-order valence-electron chi connectivity index (χ0n) is 13.4. The van der Waals surface area contributed by atoms with Gasteiger partial charge in [0.15, 0.2) is 4.90 Å². The molecule has 0 aromatic heterocycles. The highest BCUT2D eigenvalue weighted by molar-refractivity contribution is 7.93. The molecule has 2 aromatic rings. The van der Waals surface area contributed by atoms with E-state index >= 15 is 0 Å². The number of hydrogen-bond donors (Lipinski definition) is 1. The van der Waals surface area contributed by atoms with Crippen LogP contribution in [0.15, 0.2) is 41.3 Å². The van der Waals surface area contributed by atoms with Gasteiger partial charge in [-0.25, -0.2) is 8.42 Å². The van der Waals surface area contributed by atoms with E-state index in [1.165, 1.54) is 57.7 Å². The van der Waals surface area contributed by atoms with Crippen LogP contribution in [0.25, 0.3) is 0 Å². The summed E-state index contributed by atoms with van der Waals surface area (Å²) in [7, 11) is 0.186. The van der Waals surface area contributed by atoms with Crippen molar-refractivity contribution in [1.82, 2.24) is 0 Å². The second-order valence-corrected chi connectivity index (χ2v) is 6.27. The molecule has 2 rings (SSSR count). The summed E-state index contributed by atoms with van der Waals surface area (Å²) in [6.45, 7) is 0. The van der Waals surface area contributed by atoms with Crippen LogP contribution in [0.3, 0.4) is 0 Å². The van der Waals surface area contributed by atoms with Gasteiger partial charge >= 0.3 is 0 Å². The number of nitrogens with zero attached hydrogens (tertiary/aromatic N) is 1. The Bertz CT molecular complexity index is 845. The predicted molar refractivity (Wildman–Crippen MR) is 88.1 cm³/mol. The number of benzene rings is 2. The number of nitrogens with one attached hydrogen (secondary N) is 1. The number of hydrogen-bond acceptors (Lipinski definition) is 6. The molecular weight excluding hydrogens is 332 g/mol. The molecule has 0 fully saturated rings. The molecule has 7 nitrogen and oxygen atoms in total. The van der Waals surface area contributed by atoms with E-state index in [-0.39, 0.29) is 16.4 Å². The molecule has 0 aliphatic heterocycles. The molecule has 2 aromatic carbocycles. The van der Waals surface area contributed by atoms with Crippen LogP contribution in [0.4, 0.5) is 5.69 Å². The Labute approximate surface area is 140 Å². The highest BCUT2D eigenvalue weighted by Crippen LogP contribution is 2.38. The van der Waals surface area contributed by atoms with Crippen molar-refractivity contribution in [3.05, 3.63) is 42.0 Å². The lowest BCUT2D eigenvalue weighted by atomic mass is 10.2. The fourth-order valence-corrected chi connectivity index (χ4v) is 3.42. The summed E-state index contributed by atoms with van der Waals surface area (Å²) in [6, 6.07) is 10.9. The number of methoxy groups -OCH3 is 3. The van der Waals surface area contributed by atoms with Gasteiger partial charge in [-0.15, -0.1) is 0 Å². The molecule has 0 aliphatic rings. The maximum Gasteiger partial charge on any atom is 0.269 e. The van der Waals surface area contributed by atoms with Crippen molar-refractivity contribution >= 4 is 15.7 Å². The molecule has 0 unspecified atom stereocenters. The maximum absolute atomic E-state index is 12.7. The van der Waals surface area contributed by atoms with Crippen LogP contribution in [0.5, 0.6) is 17.2 Å². The van der Waals surface area contributed by atoms with Crippen LogP contribution < -0.4 is 18.9 Å². The number of anilines is 1. The van der Waals surface area contributed by atoms with Gasteiger partial charge in [0.05, 0.1) is 33.0 Å². The van der Waals surface area contributed by atoms with Crippen LogP contribution in [0, 0.1) is 11.3 Å². The minimum atomic E-state index is -3.98. The van der Waals surface area contributed by atoms with E-state index in [2.05, 4.69) is 4.72 Å². The van der Waals surface area contributed by atoms with E-state index in [4.69, 9.17) is 19.5 Å². The number of ether oxygens (including phenoxy) is 3. The quantitative estimate of drug-likeness (QED) is 0.861. The van der Waals surface area contributed by atoms with Gasteiger partial charge in [0, 0.05) is 17.8 Å². The third kappa shape index (κ3) is 3.52. The smallest absolute Gasteiger partial charge is 0.269 e. The Morgan fingerprint density at radius 2 is 1.50 bits per heavy atom. The highest BCUT2D eigenvalue weighted by Gasteiger charge is 2.26. The summed E-state index contributed by atoms with van der Waals surface area (Å²) >= 11 is 0. The molecule has 8 heteroatoms. The minimum Gasteiger partial charge on any atom is -0.496 e. The van der Waals surface area contributed by atoms with Gasteiger partial charge in [-0.3, -0.25) is 4.72 Å². The van der Waals surface area contributed by atoms with Crippen LogP contribution in [-0.2, 0) is 10.0 Å². The molecule has 1 N–H and O–H groups in total. The predicted octanol–water partition coefficient (Wildman–Crippen LogP) is 2.38. The van der Waals surface area contributed by atoms with Gasteiger partial charge < -0.3 is 14.2 Å². The maximum atomic E-state index is 12.7. The molecule has 0 saturated heterocycles. The second kappa shape index (κ2) is 7.10. The zero-order valence-corrected chi connectivity index (χ0v) is 14.2. The fraction of sp³-hybridized carbons (Fsp3) is 0.188. The Morgan fingerprint density at radius 1 is 0.958 bits per heavy atom. The van der Waals surface area contributed by atoms with E-state index in [1.54, 1.807) is 0 Å². The molecule has 0 atom stereocenters. The van der Waals surface area contributed by atoms with Gasteiger partial charge in [-0.1, -0.05) is 0 Å². The van der Waals surface area contributed by atoms with E-state index in [0.29, 0.717) is 17.0 Å². The lowest BCUT2D eigenvalue weighted by Crippen LogP contribution is -2.15. The molecule has 24 heavy (non-hydrogen) atoms. The SMILES string of the molecule is COc1cc(OC)c(S(=O)(=O)Nc2ccc(C#N)cc2)c(OC)c1. The summed E-state index contributed by atoms with van der Waals surface area (Å²) in [5.74, 6) is 0.584. The molecule has 126 valence electrons. The average molecular weight is 348 g/mol. The Balaban J connectivity index is 2.49.